The number of alkyl carbamates (subject to hydrolysis) is 2. The third-order valence-electron chi connectivity index (χ3n) is 15.1. The lowest BCUT2D eigenvalue weighted by Gasteiger charge is -2.19. The van der Waals surface area contributed by atoms with Gasteiger partial charge < -0.3 is 132 Å². The number of hydrogen-bond donors (Lipinski definition) is 6. The summed E-state index contributed by atoms with van der Waals surface area (Å²) in [7, 11) is 0. The van der Waals surface area contributed by atoms with Crippen molar-refractivity contribution in [1.29, 1.82) is 0 Å². The summed E-state index contributed by atoms with van der Waals surface area (Å²) in [6, 6.07) is 0. The highest BCUT2D eigenvalue weighted by atomic mass is 16.7. The summed E-state index contributed by atoms with van der Waals surface area (Å²) in [6.45, 7) is 32.1. The van der Waals surface area contributed by atoms with E-state index in [2.05, 4.69) is 46.6 Å². The molecule has 0 radical (unpaired) electrons. The van der Waals surface area contributed by atoms with Crippen LogP contribution in [-0.4, -0.2) is 354 Å². The summed E-state index contributed by atoms with van der Waals surface area (Å²) in [5.41, 5.74) is 20.5. The molecule has 0 atom stereocenters. The topological polar surface area (TPSA) is 517 Å². The van der Waals surface area contributed by atoms with E-state index in [0.717, 1.165) is 64.2 Å². The van der Waals surface area contributed by atoms with E-state index in [4.69, 9.17) is 116 Å². The minimum Gasteiger partial charge on any atom is -0.444 e. The molecule has 7 N–H and O–H groups in total. The van der Waals surface area contributed by atoms with E-state index in [0.29, 0.717) is 327 Å². The summed E-state index contributed by atoms with van der Waals surface area (Å²) in [5, 5.41) is 21.3. The Hall–Kier alpha value is -6.58. The quantitative estimate of drug-likeness (QED) is 0.0132. The van der Waals surface area contributed by atoms with Gasteiger partial charge in [0.15, 0.2) is 0 Å². The second-order valence-electron chi connectivity index (χ2n) is 27.9. The highest BCUT2D eigenvalue weighted by Crippen LogP contribution is 2.14. The van der Waals surface area contributed by atoms with Crippen LogP contribution in [-0.2, 0) is 128 Å². The van der Waals surface area contributed by atoms with Crippen molar-refractivity contribution in [2.24, 2.45) is 16.0 Å². The third-order valence-corrected chi connectivity index (χ3v) is 15.1. The zero-order chi connectivity index (χ0) is 88.2. The van der Waals surface area contributed by atoms with Crippen LogP contribution in [0.4, 0.5) is 9.59 Å². The van der Waals surface area contributed by atoms with E-state index in [1.54, 1.807) is 20.8 Å². The molecule has 1 fully saturated rings. The van der Waals surface area contributed by atoms with E-state index in [9.17, 15) is 38.4 Å². The Labute approximate surface area is 710 Å². The molecule has 1 heterocycles. The molecule has 0 bridgehead atoms. The summed E-state index contributed by atoms with van der Waals surface area (Å²) in [4.78, 5) is 103. The van der Waals surface area contributed by atoms with Crippen LogP contribution >= 0.6 is 0 Å². The molecule has 42 heteroatoms. The number of imide groups is 1. The minimum absolute atomic E-state index is 0.00736. The Morgan fingerprint density at radius 3 is 0.792 bits per heavy atom. The Morgan fingerprint density at radius 2 is 0.542 bits per heavy atom. The average molecular weight is 1730 g/mol. The van der Waals surface area contributed by atoms with Crippen LogP contribution in [0, 0.1) is 0 Å². The number of nitrogens with zero attached hydrogens (tertiary/aromatic N) is 7. The molecule has 0 aliphatic carbocycles. The molecule has 0 aromatic heterocycles. The number of rotatable bonds is 84. The molecule has 0 aromatic rings. The van der Waals surface area contributed by atoms with Crippen LogP contribution in [0.3, 0.4) is 0 Å². The first kappa shape index (κ1) is 115. The summed E-state index contributed by atoms with van der Waals surface area (Å²) < 4.78 is 107. The molecule has 120 heavy (non-hydrogen) atoms. The average Bonchev–Trinajstić information content (AvgIpc) is 1.73. The molecule has 42 nitrogen and oxygen atoms in total. The van der Waals surface area contributed by atoms with Gasteiger partial charge in [-0.05, 0) is 104 Å². The van der Waals surface area contributed by atoms with Crippen molar-refractivity contribution < 1.29 is 138 Å². The lowest BCUT2D eigenvalue weighted by molar-refractivity contribution is -0.197. The maximum absolute atomic E-state index is 12.0. The number of hydroxylamine groups is 2. The predicted molar refractivity (Wildman–Crippen MR) is 440 cm³/mol. The number of carbonyl (C=O) groups excluding carboxylic acids is 8. The van der Waals surface area contributed by atoms with Gasteiger partial charge >= 0.3 is 18.2 Å². The monoisotopic (exact) mass is 1730 g/mol. The van der Waals surface area contributed by atoms with Crippen LogP contribution in [0.5, 0.6) is 0 Å². The molecule has 700 valence electrons. The van der Waals surface area contributed by atoms with Gasteiger partial charge in [0.2, 0.25) is 17.7 Å². The Kier molecular flexibility index (Phi) is 86.7. The van der Waals surface area contributed by atoms with Crippen molar-refractivity contribution in [3.05, 3.63) is 20.9 Å². The van der Waals surface area contributed by atoms with Crippen LogP contribution in [0.15, 0.2) is 10.2 Å². The number of carbonyl (C=O) groups is 8. The molecule has 7 amide bonds. The fourth-order valence-electron chi connectivity index (χ4n) is 9.24. The highest BCUT2D eigenvalue weighted by Gasteiger charge is 2.32. The first-order chi connectivity index (χ1) is 58.2. The molecule has 0 aromatic carbocycles. The lowest BCUT2D eigenvalue weighted by atomic mass is 10.1. The number of hydrogen-bond acceptors (Lipinski definition) is 32. The van der Waals surface area contributed by atoms with Gasteiger partial charge in [0, 0.05) is 101 Å². The molecule has 0 saturated carbocycles. The number of ether oxygens (including phenoxy) is 20. The first-order valence-electron chi connectivity index (χ1n) is 42.2. The van der Waals surface area contributed by atoms with Crippen molar-refractivity contribution in [3.8, 4) is 0 Å². The largest absolute Gasteiger partial charge is 0.444 e. The van der Waals surface area contributed by atoms with Gasteiger partial charge in [-0.1, -0.05) is 35.9 Å². The summed E-state index contributed by atoms with van der Waals surface area (Å²) >= 11 is 0. The van der Waals surface area contributed by atoms with Crippen LogP contribution in [0.2, 0.25) is 0 Å². The van der Waals surface area contributed by atoms with Gasteiger partial charge in [-0.2, -0.15) is 0 Å². The highest BCUT2D eigenvalue weighted by molar-refractivity contribution is 6.01. The van der Waals surface area contributed by atoms with Crippen LogP contribution in [0.1, 0.15) is 157 Å². The zero-order valence-electron chi connectivity index (χ0n) is 72.9. The summed E-state index contributed by atoms with van der Waals surface area (Å²) in [6.07, 6.45) is 9.95. The molecule has 1 rings (SSSR count). The van der Waals surface area contributed by atoms with Gasteiger partial charge in [0.1, 0.15) is 11.2 Å². The fraction of sp³-hybridized carbons (Fsp3) is 0.897. The molecule has 0 unspecified atom stereocenters. The van der Waals surface area contributed by atoms with Crippen molar-refractivity contribution in [3.63, 3.8) is 0 Å². The Balaban J connectivity index is 0. The van der Waals surface area contributed by atoms with E-state index >= 15 is 0 Å². The standard InChI is InChI=1S/C37H72N6O13.C21H35N3O7.C20H42N4O9/c1-37(2,3)56-36(46)41-13-9-5-7-10-34(44)39-12-8-4-6-11-35(45)40-14-16-47-18-20-49-22-24-51-26-28-53-30-32-55-33-31-54-29-27-52-25-23-50-21-19-48-17-15-42-43-38;1-21(2,3)30-20(29)23-15-9-4-6-10-16(25)22-14-8-5-7-11-19(28)31-24-17(26)12-13-18(24)27;21-1-3-25-5-7-27-9-11-29-13-15-31-17-19-33-20-18-32-16-14-30-12-10-28-8-6-26-4-2-23-24-22/h4-33H2,1-3H3,(H,39,44)(H,40,45)(H,41,46);4-15H2,1-3H3,(H,22,25)(H,23,29);1-21H2. The van der Waals surface area contributed by atoms with E-state index < -0.39 is 41.2 Å². The zero-order valence-corrected chi connectivity index (χ0v) is 72.9. The van der Waals surface area contributed by atoms with E-state index in [1.807, 2.05) is 20.8 Å². The molecular formula is C78H149N13O29. The van der Waals surface area contributed by atoms with Crippen molar-refractivity contribution in [2.45, 2.75) is 168 Å². The maximum atomic E-state index is 12.0. The number of nitrogens with one attached hydrogen (secondary N) is 5. The minimum atomic E-state index is -0.603. The first-order valence-corrected chi connectivity index (χ1v) is 42.2. The van der Waals surface area contributed by atoms with Crippen molar-refractivity contribution >= 4 is 47.7 Å². The van der Waals surface area contributed by atoms with Gasteiger partial charge in [0.25, 0.3) is 11.8 Å². The number of azide groups is 2. The second-order valence-corrected chi connectivity index (χ2v) is 27.9. The second kappa shape index (κ2) is 90.2. The fourth-order valence-corrected chi connectivity index (χ4v) is 9.24. The number of nitrogens with two attached hydrogens (primary N) is 1. The molecule has 0 spiro atoms. The van der Waals surface area contributed by atoms with Crippen LogP contribution < -0.4 is 32.3 Å². The Bertz CT molecular complexity index is 2530. The van der Waals surface area contributed by atoms with E-state index in [1.165, 1.54) is 0 Å². The normalized spacial score (nSPS) is 11.9. The third kappa shape index (κ3) is 95.3. The summed E-state index contributed by atoms with van der Waals surface area (Å²) in [5.74, 6) is -1.58. The van der Waals surface area contributed by atoms with Crippen molar-refractivity contribution in [2.75, 3.05) is 290 Å². The number of amides is 7. The lowest BCUT2D eigenvalue weighted by Crippen LogP contribution is -2.33. The van der Waals surface area contributed by atoms with Gasteiger partial charge in [-0.15, -0.1) is 5.06 Å². The van der Waals surface area contributed by atoms with Crippen LogP contribution in [0.25, 0.3) is 20.9 Å². The van der Waals surface area contributed by atoms with Crippen molar-refractivity contribution in [1.82, 2.24) is 31.6 Å². The maximum Gasteiger partial charge on any atom is 0.407 e. The molecular weight excluding hydrogens is 1580 g/mol. The predicted octanol–water partition coefficient (Wildman–Crippen LogP) is 6.08. The Morgan fingerprint density at radius 1 is 0.317 bits per heavy atom. The smallest absolute Gasteiger partial charge is 0.407 e. The molecule has 1 aliphatic heterocycles. The molecule has 1 aliphatic rings. The van der Waals surface area contributed by atoms with Gasteiger partial charge in [-0.3, -0.25) is 24.0 Å². The SMILES string of the molecule is CC(C)(C)OC(=O)NCCCCCC(=O)NCCCCCC(=O)NCCOCCOCCOCCOCCOCCOCCOCCOCCOCCN=[N+]=[N-].CC(C)(C)OC(=O)NCCCCCC(=O)NCCCCCC(=O)ON1C(=O)CCC1=O.[N-]=[N+]=NCCOCCOCCOCCOCCOCCOCCOCCOCCOCCN. The van der Waals surface area contributed by atoms with Gasteiger partial charge in [0.05, 0.1) is 238 Å². The number of unbranched alkanes of at least 4 members (excludes halogenated alkanes) is 8. The molecule has 1 saturated heterocycles. The van der Waals surface area contributed by atoms with E-state index in [-0.39, 0.29) is 37.0 Å². The van der Waals surface area contributed by atoms with Gasteiger partial charge in [-0.25, -0.2) is 14.4 Å².